The van der Waals surface area contributed by atoms with Crippen LogP contribution in [0.1, 0.15) is 31.7 Å². The van der Waals surface area contributed by atoms with Gasteiger partial charge in [0.2, 0.25) is 11.8 Å². The minimum absolute atomic E-state index is 0.166. The largest absolute Gasteiger partial charge is 0.379 e. The van der Waals surface area contributed by atoms with Crippen molar-refractivity contribution in [3.63, 3.8) is 0 Å². The van der Waals surface area contributed by atoms with E-state index in [9.17, 15) is 19.7 Å². The molecule has 4 rings (SSSR count). The Kier molecular flexibility index (Phi) is 5.96. The first kappa shape index (κ1) is 21.3. The van der Waals surface area contributed by atoms with E-state index in [1.165, 1.54) is 6.07 Å². The quantitative estimate of drug-likeness (QED) is 0.393. The smallest absolute Gasteiger partial charge is 0.294 e. The van der Waals surface area contributed by atoms with Crippen molar-refractivity contribution in [3.05, 3.63) is 63.2 Å². The number of nitrogens with zero attached hydrogens (tertiary/aromatic N) is 2. The molecule has 1 saturated heterocycles. The van der Waals surface area contributed by atoms with Gasteiger partial charge in [-0.05, 0) is 55.4 Å². The van der Waals surface area contributed by atoms with Gasteiger partial charge in [0.1, 0.15) is 5.69 Å². The van der Waals surface area contributed by atoms with Gasteiger partial charge in [-0.3, -0.25) is 19.7 Å². The molecule has 1 heterocycles. The first-order chi connectivity index (χ1) is 14.9. The summed E-state index contributed by atoms with van der Waals surface area (Å²) in [7, 11) is 0. The molecule has 2 aliphatic rings. The van der Waals surface area contributed by atoms with E-state index in [1.807, 2.05) is 18.2 Å². The number of nitro benzene ring substituents is 1. The van der Waals surface area contributed by atoms with Gasteiger partial charge in [-0.15, -0.1) is 0 Å². The van der Waals surface area contributed by atoms with Crippen molar-refractivity contribution in [1.82, 2.24) is 0 Å². The van der Waals surface area contributed by atoms with Crippen LogP contribution in [0.5, 0.6) is 0 Å². The highest BCUT2D eigenvalue weighted by Crippen LogP contribution is 2.43. The zero-order valence-electron chi connectivity index (χ0n) is 17.2. The molecule has 3 atom stereocenters. The fourth-order valence-electron chi connectivity index (χ4n) is 4.64. The molecule has 2 aromatic rings. The molecule has 0 spiro atoms. The summed E-state index contributed by atoms with van der Waals surface area (Å²) in [6, 6.07) is 11.9. The first-order valence-corrected chi connectivity index (χ1v) is 10.9. The second kappa shape index (κ2) is 8.67. The Balaban J connectivity index is 1.53. The average Bonchev–Trinajstić information content (AvgIpc) is 2.99. The number of carbonyl (C=O) groups excluding carboxylic acids is 2. The Morgan fingerprint density at radius 2 is 1.87 bits per heavy atom. The summed E-state index contributed by atoms with van der Waals surface area (Å²) in [6.45, 7) is 2.54. The van der Waals surface area contributed by atoms with Crippen LogP contribution in [0.2, 0.25) is 5.02 Å². The number of rotatable bonds is 6. The highest BCUT2D eigenvalue weighted by molar-refractivity contribution is 6.31. The lowest BCUT2D eigenvalue weighted by atomic mass is 9.76. The number of imide groups is 1. The topological polar surface area (TPSA) is 92.6 Å². The molecule has 2 aromatic carbocycles. The van der Waals surface area contributed by atoms with Crippen molar-refractivity contribution in [2.24, 2.45) is 17.8 Å². The zero-order valence-corrected chi connectivity index (χ0v) is 18.0. The summed E-state index contributed by atoms with van der Waals surface area (Å²) in [5.74, 6) is -0.706. The van der Waals surface area contributed by atoms with E-state index >= 15 is 0 Å². The highest BCUT2D eigenvalue weighted by atomic mass is 35.5. The number of amides is 2. The maximum Gasteiger partial charge on any atom is 0.294 e. The summed E-state index contributed by atoms with van der Waals surface area (Å²) < 4.78 is 0. The lowest BCUT2D eigenvalue weighted by Gasteiger charge is -2.25. The van der Waals surface area contributed by atoms with Gasteiger partial charge < -0.3 is 5.32 Å². The number of nitro groups is 1. The van der Waals surface area contributed by atoms with Crippen molar-refractivity contribution in [3.8, 4) is 0 Å². The Morgan fingerprint density at radius 3 is 2.61 bits per heavy atom. The van der Waals surface area contributed by atoms with Crippen LogP contribution < -0.4 is 10.2 Å². The monoisotopic (exact) mass is 441 g/mol. The van der Waals surface area contributed by atoms with Crippen LogP contribution in [-0.4, -0.2) is 23.3 Å². The zero-order chi connectivity index (χ0) is 22.1. The lowest BCUT2D eigenvalue weighted by Crippen LogP contribution is -2.31. The van der Waals surface area contributed by atoms with E-state index in [4.69, 9.17) is 11.6 Å². The molecule has 0 bridgehead atoms. The second-order valence-electron chi connectivity index (χ2n) is 8.37. The fourth-order valence-corrected chi connectivity index (χ4v) is 4.87. The number of anilines is 2. The molecular formula is C23H24ClN3O4. The van der Waals surface area contributed by atoms with E-state index in [0.29, 0.717) is 42.4 Å². The Bertz CT molecular complexity index is 1040. The minimum atomic E-state index is -0.499. The maximum absolute atomic E-state index is 12.9. The molecule has 2 amide bonds. The first-order valence-electron chi connectivity index (χ1n) is 10.5. The molecule has 1 aliphatic heterocycles. The molecule has 1 aliphatic carbocycles. The van der Waals surface area contributed by atoms with E-state index in [1.54, 1.807) is 18.2 Å². The second-order valence-corrected chi connectivity index (χ2v) is 8.78. The van der Waals surface area contributed by atoms with E-state index in [-0.39, 0.29) is 35.0 Å². The summed E-state index contributed by atoms with van der Waals surface area (Å²) >= 11 is 6.16. The van der Waals surface area contributed by atoms with Crippen LogP contribution in [0.4, 0.5) is 17.1 Å². The number of halogens is 1. The van der Waals surface area contributed by atoms with Crippen molar-refractivity contribution >= 4 is 40.5 Å². The van der Waals surface area contributed by atoms with Gasteiger partial charge in [0.25, 0.3) is 5.69 Å². The number of hydrogen-bond acceptors (Lipinski definition) is 5. The molecule has 0 aromatic heterocycles. The fraction of sp³-hybridized carbons (Fsp3) is 0.391. The van der Waals surface area contributed by atoms with Crippen LogP contribution in [-0.2, 0) is 16.0 Å². The van der Waals surface area contributed by atoms with Gasteiger partial charge in [-0.2, -0.15) is 0 Å². The highest BCUT2D eigenvalue weighted by Gasteiger charge is 2.50. The van der Waals surface area contributed by atoms with Gasteiger partial charge in [-0.1, -0.05) is 36.7 Å². The Labute approximate surface area is 185 Å². The van der Waals surface area contributed by atoms with Gasteiger partial charge >= 0.3 is 0 Å². The number of benzene rings is 2. The standard InChI is InChI=1S/C23H24ClN3O4/c1-14-6-8-17-18(12-14)23(29)26(22(17)28)16-7-9-20(21(13-16)27(30)31)25-11-10-15-4-2-3-5-19(15)24/h2-5,7,9,13-14,17-18,25H,6,8,10-12H2,1H3/t14-,17+,18-/m1/s1. The molecule has 162 valence electrons. The Morgan fingerprint density at radius 1 is 1.13 bits per heavy atom. The molecular weight excluding hydrogens is 418 g/mol. The van der Waals surface area contributed by atoms with Crippen LogP contribution in [0.15, 0.2) is 42.5 Å². The normalized spacial score (nSPS) is 23.0. The van der Waals surface area contributed by atoms with Gasteiger partial charge in [0.15, 0.2) is 0 Å². The summed E-state index contributed by atoms with van der Waals surface area (Å²) in [5, 5.41) is 15.4. The SMILES string of the molecule is C[C@@H]1CC[C@@H]2C(=O)N(c3ccc(NCCc4ccccc4Cl)c([N+](=O)[O-])c3)C(=O)[C@@H]2C1. The summed E-state index contributed by atoms with van der Waals surface area (Å²) in [5.41, 5.74) is 1.38. The number of carbonyl (C=O) groups is 2. The third-order valence-electron chi connectivity index (χ3n) is 6.29. The van der Waals surface area contributed by atoms with Gasteiger partial charge in [0, 0.05) is 17.6 Å². The predicted molar refractivity (Wildman–Crippen MR) is 119 cm³/mol. The summed E-state index contributed by atoms with van der Waals surface area (Å²) in [4.78, 5) is 38.2. The lowest BCUT2D eigenvalue weighted by molar-refractivity contribution is -0.383. The molecule has 0 unspecified atom stereocenters. The number of hydrogen-bond donors (Lipinski definition) is 1. The van der Waals surface area contributed by atoms with E-state index in [2.05, 4.69) is 12.2 Å². The summed E-state index contributed by atoms with van der Waals surface area (Å²) in [6.07, 6.45) is 2.90. The molecule has 31 heavy (non-hydrogen) atoms. The molecule has 0 radical (unpaired) electrons. The third-order valence-corrected chi connectivity index (χ3v) is 6.66. The Hall–Kier alpha value is -2.93. The van der Waals surface area contributed by atoms with Gasteiger partial charge in [-0.25, -0.2) is 4.90 Å². The van der Waals surface area contributed by atoms with Crippen LogP contribution in [0, 0.1) is 27.9 Å². The van der Waals surface area contributed by atoms with Crippen molar-refractivity contribution < 1.29 is 14.5 Å². The third kappa shape index (κ3) is 4.14. The van der Waals surface area contributed by atoms with Crippen molar-refractivity contribution in [2.75, 3.05) is 16.8 Å². The maximum atomic E-state index is 12.9. The number of fused-ring (bicyclic) bond motifs is 1. The molecule has 2 fully saturated rings. The van der Waals surface area contributed by atoms with E-state index in [0.717, 1.165) is 16.9 Å². The predicted octanol–water partition coefficient (Wildman–Crippen LogP) is 4.83. The molecule has 7 nitrogen and oxygen atoms in total. The van der Waals surface area contributed by atoms with Crippen LogP contribution in [0.3, 0.4) is 0 Å². The van der Waals surface area contributed by atoms with Crippen molar-refractivity contribution in [1.29, 1.82) is 0 Å². The molecule has 1 saturated carbocycles. The van der Waals surface area contributed by atoms with Crippen LogP contribution >= 0.6 is 11.6 Å². The molecule has 1 N–H and O–H groups in total. The van der Waals surface area contributed by atoms with E-state index < -0.39 is 4.92 Å². The van der Waals surface area contributed by atoms with Gasteiger partial charge in [0.05, 0.1) is 22.4 Å². The van der Waals surface area contributed by atoms with Crippen molar-refractivity contribution in [2.45, 2.75) is 32.6 Å². The molecule has 8 heteroatoms. The van der Waals surface area contributed by atoms with Crippen LogP contribution in [0.25, 0.3) is 0 Å². The average molecular weight is 442 g/mol. The minimum Gasteiger partial charge on any atom is -0.379 e. The number of nitrogens with one attached hydrogen (secondary N) is 1.